The highest BCUT2D eigenvalue weighted by Gasteiger charge is 2.31. The Kier molecular flexibility index (Phi) is 4.55. The molecule has 0 spiro atoms. The first-order valence-electron chi connectivity index (χ1n) is 3.69. The summed E-state index contributed by atoms with van der Waals surface area (Å²) < 4.78 is 30.8. The zero-order chi connectivity index (χ0) is 11.4. The zero-order valence-electron chi connectivity index (χ0n) is 8.14. The van der Waals surface area contributed by atoms with E-state index < -0.39 is 33.6 Å². The number of sulfone groups is 1. The Morgan fingerprint density at radius 1 is 1.36 bits per heavy atom. The standard InChI is InChI=1S/C7H12O6S/c1-5(8)13-4-6(7(9)12-2)14(3,10)11/h6H,4H2,1-3H3. The molecule has 0 aromatic carbocycles. The van der Waals surface area contributed by atoms with Crippen molar-refractivity contribution in [1.29, 1.82) is 0 Å². The van der Waals surface area contributed by atoms with Crippen LogP contribution >= 0.6 is 0 Å². The van der Waals surface area contributed by atoms with Crippen molar-refractivity contribution in [3.63, 3.8) is 0 Å². The van der Waals surface area contributed by atoms with Gasteiger partial charge in [0.2, 0.25) is 0 Å². The van der Waals surface area contributed by atoms with Crippen LogP contribution in [0, 0.1) is 0 Å². The average molecular weight is 224 g/mol. The summed E-state index contributed by atoms with van der Waals surface area (Å²) in [7, 11) is -2.56. The Balaban J connectivity index is 4.59. The van der Waals surface area contributed by atoms with Crippen molar-refractivity contribution in [1.82, 2.24) is 0 Å². The van der Waals surface area contributed by atoms with Crippen LogP contribution in [0.4, 0.5) is 0 Å². The fourth-order valence-electron chi connectivity index (χ4n) is 0.691. The van der Waals surface area contributed by atoms with Gasteiger partial charge in [0.25, 0.3) is 0 Å². The van der Waals surface area contributed by atoms with Crippen molar-refractivity contribution in [3.8, 4) is 0 Å². The van der Waals surface area contributed by atoms with Crippen molar-refractivity contribution in [2.75, 3.05) is 20.0 Å². The van der Waals surface area contributed by atoms with Crippen LogP contribution in [0.3, 0.4) is 0 Å². The van der Waals surface area contributed by atoms with Gasteiger partial charge in [-0.25, -0.2) is 8.42 Å². The maximum Gasteiger partial charge on any atom is 0.327 e. The molecule has 1 atom stereocenters. The smallest absolute Gasteiger partial charge is 0.327 e. The van der Waals surface area contributed by atoms with Crippen molar-refractivity contribution in [3.05, 3.63) is 0 Å². The van der Waals surface area contributed by atoms with Crippen LogP contribution in [0.15, 0.2) is 0 Å². The van der Waals surface area contributed by atoms with Crippen LogP contribution in [-0.2, 0) is 28.9 Å². The minimum Gasteiger partial charge on any atom is -0.468 e. The molecule has 0 rings (SSSR count). The van der Waals surface area contributed by atoms with Crippen LogP contribution < -0.4 is 0 Å². The molecule has 0 aliphatic heterocycles. The van der Waals surface area contributed by atoms with E-state index in [2.05, 4.69) is 9.47 Å². The van der Waals surface area contributed by atoms with E-state index in [1.807, 2.05) is 0 Å². The van der Waals surface area contributed by atoms with E-state index in [-0.39, 0.29) is 0 Å². The lowest BCUT2D eigenvalue weighted by Gasteiger charge is -2.11. The Morgan fingerprint density at radius 2 is 1.86 bits per heavy atom. The highest BCUT2D eigenvalue weighted by Crippen LogP contribution is 2.02. The fraction of sp³-hybridized carbons (Fsp3) is 0.714. The number of hydrogen-bond donors (Lipinski definition) is 0. The number of hydrogen-bond acceptors (Lipinski definition) is 6. The van der Waals surface area contributed by atoms with Crippen molar-refractivity contribution >= 4 is 21.8 Å². The summed E-state index contributed by atoms with van der Waals surface area (Å²) in [5.41, 5.74) is 0. The molecule has 0 aromatic heterocycles. The van der Waals surface area contributed by atoms with Gasteiger partial charge in [-0.15, -0.1) is 0 Å². The Hall–Kier alpha value is -1.11. The van der Waals surface area contributed by atoms with Gasteiger partial charge in [-0.1, -0.05) is 0 Å². The molecule has 0 bridgehead atoms. The lowest BCUT2D eigenvalue weighted by molar-refractivity contribution is -0.145. The van der Waals surface area contributed by atoms with Crippen LogP contribution in [0.1, 0.15) is 6.92 Å². The summed E-state index contributed by atoms with van der Waals surface area (Å²) >= 11 is 0. The van der Waals surface area contributed by atoms with Crippen LogP contribution in [0.25, 0.3) is 0 Å². The molecular formula is C7H12O6S. The van der Waals surface area contributed by atoms with Crippen LogP contribution in [0.5, 0.6) is 0 Å². The second-order valence-electron chi connectivity index (χ2n) is 2.64. The van der Waals surface area contributed by atoms with E-state index in [0.29, 0.717) is 0 Å². The van der Waals surface area contributed by atoms with E-state index in [0.717, 1.165) is 20.3 Å². The summed E-state index contributed by atoms with van der Waals surface area (Å²) in [6.45, 7) is 0.609. The minimum atomic E-state index is -3.62. The van der Waals surface area contributed by atoms with Crippen LogP contribution in [-0.4, -0.2) is 45.6 Å². The molecule has 0 N–H and O–H groups in total. The van der Waals surface area contributed by atoms with Crippen LogP contribution in [0.2, 0.25) is 0 Å². The van der Waals surface area contributed by atoms with E-state index in [4.69, 9.17) is 0 Å². The van der Waals surface area contributed by atoms with E-state index in [1.165, 1.54) is 0 Å². The maximum absolute atomic E-state index is 11.1. The molecule has 0 aromatic rings. The summed E-state index contributed by atoms with van der Waals surface area (Å²) in [6.07, 6.45) is 0.873. The first-order chi connectivity index (χ1) is 6.29. The molecule has 1 unspecified atom stereocenters. The van der Waals surface area contributed by atoms with E-state index in [9.17, 15) is 18.0 Å². The van der Waals surface area contributed by atoms with Crippen molar-refractivity contribution in [2.24, 2.45) is 0 Å². The number of ether oxygens (including phenoxy) is 2. The molecule has 82 valence electrons. The predicted molar refractivity (Wildman–Crippen MR) is 47.3 cm³/mol. The summed E-state index contributed by atoms with van der Waals surface area (Å²) in [5.74, 6) is -1.59. The number of esters is 2. The second kappa shape index (κ2) is 4.94. The van der Waals surface area contributed by atoms with Gasteiger partial charge in [0.15, 0.2) is 15.1 Å². The van der Waals surface area contributed by atoms with Gasteiger partial charge in [0, 0.05) is 13.2 Å². The largest absolute Gasteiger partial charge is 0.468 e. The molecule has 0 radical (unpaired) electrons. The third-order valence-corrected chi connectivity index (χ3v) is 2.78. The summed E-state index contributed by atoms with van der Waals surface area (Å²) in [6, 6.07) is 0. The Morgan fingerprint density at radius 3 is 2.14 bits per heavy atom. The number of methoxy groups -OCH3 is 1. The highest BCUT2D eigenvalue weighted by molar-refractivity contribution is 7.92. The number of rotatable bonds is 4. The first kappa shape index (κ1) is 12.9. The molecule has 6 nitrogen and oxygen atoms in total. The molecule has 0 heterocycles. The van der Waals surface area contributed by atoms with Gasteiger partial charge in [-0.3, -0.25) is 9.59 Å². The topological polar surface area (TPSA) is 86.7 Å². The van der Waals surface area contributed by atoms with E-state index >= 15 is 0 Å². The zero-order valence-corrected chi connectivity index (χ0v) is 8.96. The first-order valence-corrected chi connectivity index (χ1v) is 5.64. The third kappa shape index (κ3) is 4.22. The summed E-state index contributed by atoms with van der Waals surface area (Å²) in [5, 5.41) is -1.45. The average Bonchev–Trinajstić information content (AvgIpc) is 2.01. The maximum atomic E-state index is 11.1. The van der Waals surface area contributed by atoms with Gasteiger partial charge in [-0.2, -0.15) is 0 Å². The molecule has 0 aliphatic rings. The number of carbonyl (C=O) groups excluding carboxylic acids is 2. The molecule has 14 heavy (non-hydrogen) atoms. The lowest BCUT2D eigenvalue weighted by Crippen LogP contribution is -2.35. The number of carbonyl (C=O) groups is 2. The SMILES string of the molecule is COC(=O)C(COC(C)=O)S(C)(=O)=O. The van der Waals surface area contributed by atoms with Gasteiger partial charge in [-0.05, 0) is 0 Å². The molecule has 0 aliphatic carbocycles. The fourth-order valence-corrected chi connectivity index (χ4v) is 1.45. The third-order valence-electron chi connectivity index (χ3n) is 1.42. The molecular weight excluding hydrogens is 212 g/mol. The van der Waals surface area contributed by atoms with Crippen molar-refractivity contribution in [2.45, 2.75) is 12.2 Å². The molecule has 7 heteroatoms. The molecule has 0 amide bonds. The van der Waals surface area contributed by atoms with E-state index in [1.54, 1.807) is 0 Å². The quantitative estimate of drug-likeness (QED) is 0.577. The van der Waals surface area contributed by atoms with Gasteiger partial charge >= 0.3 is 11.9 Å². The monoisotopic (exact) mass is 224 g/mol. The predicted octanol–water partition coefficient (Wildman–Crippen LogP) is -0.864. The molecule has 0 saturated carbocycles. The van der Waals surface area contributed by atoms with Gasteiger partial charge < -0.3 is 9.47 Å². The normalized spacial score (nSPS) is 13.1. The Labute approximate surface area is 82.1 Å². The minimum absolute atomic E-state index is 0.513. The highest BCUT2D eigenvalue weighted by atomic mass is 32.2. The van der Waals surface area contributed by atoms with Gasteiger partial charge in [0.05, 0.1) is 7.11 Å². The Bertz CT molecular complexity index is 317. The second-order valence-corrected chi connectivity index (χ2v) is 4.87. The molecule has 0 saturated heterocycles. The summed E-state index contributed by atoms with van der Waals surface area (Å²) in [4.78, 5) is 21.4. The molecule has 0 fully saturated rings. The van der Waals surface area contributed by atoms with Gasteiger partial charge in [0.1, 0.15) is 6.61 Å². The van der Waals surface area contributed by atoms with Crippen molar-refractivity contribution < 1.29 is 27.5 Å². The lowest BCUT2D eigenvalue weighted by atomic mass is 10.4.